The van der Waals surface area contributed by atoms with Crippen molar-refractivity contribution in [2.75, 3.05) is 0 Å². The summed E-state index contributed by atoms with van der Waals surface area (Å²) in [6.45, 7) is 4.22. The minimum atomic E-state index is 1.13. The van der Waals surface area contributed by atoms with Crippen LogP contribution >= 0.6 is 0 Å². The molecule has 0 unspecified atom stereocenters. The van der Waals surface area contributed by atoms with Crippen LogP contribution in [0.3, 0.4) is 0 Å². The lowest BCUT2D eigenvalue weighted by atomic mass is 9.90. The molecule has 0 atom stereocenters. The van der Waals surface area contributed by atoms with Crippen molar-refractivity contribution in [3.05, 3.63) is 17.3 Å². The Bertz CT molecular complexity index is 264. The van der Waals surface area contributed by atoms with E-state index >= 15 is 0 Å². The first-order chi connectivity index (χ1) is 4.33. The van der Waals surface area contributed by atoms with Gasteiger partial charge in [0, 0.05) is 11.3 Å². The van der Waals surface area contributed by atoms with Crippen molar-refractivity contribution in [2.45, 2.75) is 20.3 Å². The maximum atomic E-state index is 4.27. The fourth-order valence-corrected chi connectivity index (χ4v) is 1.26. The molecular weight excluding hydrogens is 110 g/mol. The van der Waals surface area contributed by atoms with Gasteiger partial charge in [0.15, 0.2) is 0 Å². The molecule has 0 aromatic rings. The quantitative estimate of drug-likeness (QED) is 0.559. The smallest absolute Gasteiger partial charge is 0.0755 e. The van der Waals surface area contributed by atoms with Crippen LogP contribution in [0.2, 0.25) is 0 Å². The molecule has 0 aromatic heterocycles. The van der Waals surface area contributed by atoms with Crippen molar-refractivity contribution in [1.82, 2.24) is 4.98 Å². The molecule has 1 nitrogen and oxygen atoms in total. The average Bonchev–Trinajstić information content (AvgIpc) is 1.83. The second-order valence-electron chi connectivity index (χ2n) is 2.48. The van der Waals surface area contributed by atoms with Crippen LogP contribution in [0, 0.1) is 6.92 Å². The van der Waals surface area contributed by atoms with Gasteiger partial charge in [-0.1, -0.05) is 6.92 Å². The van der Waals surface area contributed by atoms with Crippen molar-refractivity contribution in [1.29, 1.82) is 0 Å². The summed E-state index contributed by atoms with van der Waals surface area (Å²) >= 11 is 0. The fraction of sp³-hybridized carbons (Fsp3) is 0.375. The van der Waals surface area contributed by atoms with E-state index in [2.05, 4.69) is 24.9 Å². The predicted molar refractivity (Wildman–Crippen MR) is 37.3 cm³/mol. The van der Waals surface area contributed by atoms with Crippen LogP contribution in [0.15, 0.2) is 6.07 Å². The van der Waals surface area contributed by atoms with Crippen molar-refractivity contribution >= 4 is 0 Å². The lowest BCUT2D eigenvalue weighted by Gasteiger charge is -2.21. The van der Waals surface area contributed by atoms with Crippen LogP contribution in [0.1, 0.15) is 18.2 Å². The molecule has 0 aromatic carbocycles. The number of rotatable bonds is 1. The summed E-state index contributed by atoms with van der Waals surface area (Å²) in [5.41, 5.74) is 5.31. The molecule has 0 amide bonds. The van der Waals surface area contributed by atoms with Gasteiger partial charge in [0.25, 0.3) is 0 Å². The van der Waals surface area contributed by atoms with E-state index in [4.69, 9.17) is 0 Å². The molecule has 9 heavy (non-hydrogen) atoms. The highest BCUT2D eigenvalue weighted by Crippen LogP contribution is 2.36. The number of nitrogens with zero attached hydrogens (tertiary/aromatic N) is 1. The summed E-state index contributed by atoms with van der Waals surface area (Å²) < 4.78 is 0. The second kappa shape index (κ2) is 1.35. The first-order valence-electron chi connectivity index (χ1n) is 3.34. The highest BCUT2D eigenvalue weighted by Gasteiger charge is 2.20. The van der Waals surface area contributed by atoms with E-state index < -0.39 is 0 Å². The van der Waals surface area contributed by atoms with Gasteiger partial charge >= 0.3 is 0 Å². The Hall–Kier alpha value is -0.850. The summed E-state index contributed by atoms with van der Waals surface area (Å²) in [7, 11) is 0. The molecule has 0 bridgehead atoms. The molecule has 0 radical (unpaired) electrons. The van der Waals surface area contributed by atoms with Crippen molar-refractivity contribution in [2.24, 2.45) is 0 Å². The number of fused-ring (bicyclic) bond motifs is 1. The topological polar surface area (TPSA) is 12.9 Å². The molecule has 1 aliphatic carbocycles. The van der Waals surface area contributed by atoms with E-state index in [1.807, 2.05) is 0 Å². The molecule has 2 aliphatic rings. The van der Waals surface area contributed by atoms with Crippen molar-refractivity contribution in [3.63, 3.8) is 0 Å². The van der Waals surface area contributed by atoms with Crippen molar-refractivity contribution < 1.29 is 0 Å². The second-order valence-corrected chi connectivity index (χ2v) is 2.48. The van der Waals surface area contributed by atoms with Gasteiger partial charge in [-0.3, -0.25) is 4.98 Å². The van der Waals surface area contributed by atoms with E-state index in [9.17, 15) is 0 Å². The Morgan fingerprint density at radius 2 is 2.33 bits per heavy atom. The highest BCUT2D eigenvalue weighted by atomic mass is 14.8. The van der Waals surface area contributed by atoms with Crippen LogP contribution in [0.25, 0.3) is 11.3 Å². The zero-order chi connectivity index (χ0) is 6.43. The predicted octanol–water partition coefficient (Wildman–Crippen LogP) is 1.93. The minimum Gasteiger partial charge on any atom is -0.252 e. The maximum absolute atomic E-state index is 4.27. The summed E-state index contributed by atoms with van der Waals surface area (Å²) in [4.78, 5) is 4.27. The van der Waals surface area contributed by atoms with Gasteiger partial charge in [0.2, 0.25) is 0 Å². The standard InChI is InChI=1S/C8H9N/c1-3-6-4-7-5(2)9-8(6)7/h4H,3H2,1-2H3. The normalized spacial score (nSPS) is 11.8. The number of pyridine rings is 1. The van der Waals surface area contributed by atoms with E-state index in [0.717, 1.165) is 6.42 Å². The summed E-state index contributed by atoms with van der Waals surface area (Å²) in [6, 6.07) is 2.23. The summed E-state index contributed by atoms with van der Waals surface area (Å²) in [5, 5.41) is 0. The fourth-order valence-electron chi connectivity index (χ4n) is 1.26. The molecule has 0 N–H and O–H groups in total. The van der Waals surface area contributed by atoms with E-state index in [1.54, 1.807) is 0 Å². The Labute approximate surface area is 54.7 Å². The third-order valence-corrected chi connectivity index (χ3v) is 1.93. The molecule has 1 heteroatoms. The van der Waals surface area contributed by atoms with Crippen LogP contribution in [-0.2, 0) is 6.42 Å². The number of hydrogen-bond acceptors (Lipinski definition) is 1. The van der Waals surface area contributed by atoms with Crippen LogP contribution < -0.4 is 0 Å². The Kier molecular flexibility index (Phi) is 0.747. The number of hydrogen-bond donors (Lipinski definition) is 0. The lowest BCUT2D eigenvalue weighted by molar-refractivity contribution is 1.02. The Morgan fingerprint density at radius 1 is 1.56 bits per heavy atom. The van der Waals surface area contributed by atoms with Gasteiger partial charge in [0.05, 0.1) is 5.69 Å². The van der Waals surface area contributed by atoms with Gasteiger partial charge in [-0.25, -0.2) is 0 Å². The molecular formula is C8H9N. The van der Waals surface area contributed by atoms with E-state index in [1.165, 1.54) is 22.5 Å². The SMILES string of the molecule is CCc1cc2c(C)nc1-2. The first-order valence-corrected chi connectivity index (χ1v) is 3.34. The monoisotopic (exact) mass is 119 g/mol. The Balaban J connectivity index is 2.45. The molecule has 1 aliphatic heterocycles. The van der Waals surface area contributed by atoms with E-state index in [-0.39, 0.29) is 0 Å². The largest absolute Gasteiger partial charge is 0.252 e. The lowest BCUT2D eigenvalue weighted by Crippen LogP contribution is -2.08. The molecule has 1 heterocycles. The van der Waals surface area contributed by atoms with Gasteiger partial charge in [-0.2, -0.15) is 0 Å². The third-order valence-electron chi connectivity index (χ3n) is 1.93. The minimum absolute atomic E-state index is 1.13. The average molecular weight is 119 g/mol. The zero-order valence-corrected chi connectivity index (χ0v) is 5.73. The molecule has 0 spiro atoms. The molecule has 2 rings (SSSR count). The summed E-state index contributed by atoms with van der Waals surface area (Å²) in [5.74, 6) is 0. The zero-order valence-electron chi connectivity index (χ0n) is 5.73. The highest BCUT2D eigenvalue weighted by molar-refractivity contribution is 5.78. The van der Waals surface area contributed by atoms with Gasteiger partial charge in [-0.15, -0.1) is 0 Å². The van der Waals surface area contributed by atoms with Gasteiger partial charge in [-0.05, 0) is 25.0 Å². The number of aromatic nitrogens is 1. The molecule has 0 saturated carbocycles. The van der Waals surface area contributed by atoms with Crippen LogP contribution in [0.5, 0.6) is 0 Å². The molecule has 0 saturated heterocycles. The van der Waals surface area contributed by atoms with Crippen LogP contribution in [-0.4, -0.2) is 4.98 Å². The molecule has 0 fully saturated rings. The third kappa shape index (κ3) is 0.424. The maximum Gasteiger partial charge on any atom is 0.0755 e. The van der Waals surface area contributed by atoms with Gasteiger partial charge < -0.3 is 0 Å². The first kappa shape index (κ1) is 4.98. The summed E-state index contributed by atoms with van der Waals surface area (Å²) in [6.07, 6.45) is 1.13. The van der Waals surface area contributed by atoms with Crippen LogP contribution in [0.4, 0.5) is 0 Å². The molecule has 46 valence electrons. The van der Waals surface area contributed by atoms with Gasteiger partial charge in [0.1, 0.15) is 0 Å². The Morgan fingerprint density at radius 3 is 2.67 bits per heavy atom. The van der Waals surface area contributed by atoms with E-state index in [0.29, 0.717) is 0 Å². The van der Waals surface area contributed by atoms with Crippen molar-refractivity contribution in [3.8, 4) is 11.3 Å². The number of aryl methyl sites for hydroxylation is 2.